The van der Waals surface area contributed by atoms with Gasteiger partial charge in [-0.05, 0) is 42.3 Å². The van der Waals surface area contributed by atoms with Gasteiger partial charge in [0.1, 0.15) is 7.11 Å². The predicted octanol–water partition coefficient (Wildman–Crippen LogP) is 2.89. The summed E-state index contributed by atoms with van der Waals surface area (Å²) in [6.07, 6.45) is 1.58. The van der Waals surface area contributed by atoms with Crippen LogP contribution in [0, 0.1) is 0 Å². The van der Waals surface area contributed by atoms with E-state index in [1.165, 1.54) is 7.11 Å². The molecule has 0 radical (unpaired) electrons. The molecule has 1 N–H and O–H groups in total. The molecule has 3 rings (SSSR count). The maximum atomic E-state index is 12.4. The molecule has 0 fully saturated rings. The van der Waals surface area contributed by atoms with Crippen molar-refractivity contribution in [3.63, 3.8) is 0 Å². The summed E-state index contributed by atoms with van der Waals surface area (Å²) < 4.78 is 10.7. The fraction of sp³-hybridized carbons (Fsp3) is 0.222. The molecule has 1 aliphatic heterocycles. The minimum absolute atomic E-state index is 0.143. The summed E-state index contributed by atoms with van der Waals surface area (Å²) in [4.78, 5) is 17.0. The standard InChI is InChI=1S/C18H18N2O4/c1-12(15-7-8-16-17(9-15)24-11-23-16)20-18(21)14-5-3-13(4-6-14)10-19-22-2/h3-10,12H,11H2,1-2H3,(H,20,21)/b19-10+. The zero-order chi connectivity index (χ0) is 16.9. The Morgan fingerprint density at radius 3 is 2.71 bits per heavy atom. The summed E-state index contributed by atoms with van der Waals surface area (Å²) in [5.74, 6) is 1.29. The van der Waals surface area contributed by atoms with Crippen molar-refractivity contribution in [1.29, 1.82) is 0 Å². The van der Waals surface area contributed by atoms with Gasteiger partial charge in [-0.1, -0.05) is 23.4 Å². The molecule has 0 bridgehead atoms. The third-order valence-corrected chi connectivity index (χ3v) is 3.72. The topological polar surface area (TPSA) is 69.2 Å². The van der Waals surface area contributed by atoms with Crippen LogP contribution in [-0.2, 0) is 4.84 Å². The van der Waals surface area contributed by atoms with Crippen molar-refractivity contribution in [3.8, 4) is 11.5 Å². The van der Waals surface area contributed by atoms with E-state index in [2.05, 4.69) is 15.3 Å². The van der Waals surface area contributed by atoms with E-state index in [1.807, 2.05) is 37.3 Å². The molecule has 2 aromatic carbocycles. The smallest absolute Gasteiger partial charge is 0.251 e. The molecule has 24 heavy (non-hydrogen) atoms. The van der Waals surface area contributed by atoms with Crippen LogP contribution in [0.3, 0.4) is 0 Å². The lowest BCUT2D eigenvalue weighted by Gasteiger charge is -2.15. The molecule has 6 nitrogen and oxygen atoms in total. The van der Waals surface area contributed by atoms with Crippen LogP contribution in [0.5, 0.6) is 11.5 Å². The average Bonchev–Trinajstić information content (AvgIpc) is 3.08. The highest BCUT2D eigenvalue weighted by Crippen LogP contribution is 2.34. The fourth-order valence-electron chi connectivity index (χ4n) is 2.38. The normalized spacial score (nSPS) is 13.8. The van der Waals surface area contributed by atoms with E-state index in [4.69, 9.17) is 9.47 Å². The van der Waals surface area contributed by atoms with Gasteiger partial charge in [-0.3, -0.25) is 4.79 Å². The minimum atomic E-state index is -0.151. The van der Waals surface area contributed by atoms with Crippen LogP contribution in [0.2, 0.25) is 0 Å². The summed E-state index contributed by atoms with van der Waals surface area (Å²) in [5, 5.41) is 6.66. The number of carbonyl (C=O) groups is 1. The number of carbonyl (C=O) groups excluding carboxylic acids is 1. The van der Waals surface area contributed by atoms with Gasteiger partial charge in [-0.2, -0.15) is 0 Å². The second-order valence-electron chi connectivity index (χ2n) is 5.35. The van der Waals surface area contributed by atoms with Gasteiger partial charge in [0, 0.05) is 5.56 Å². The monoisotopic (exact) mass is 326 g/mol. The van der Waals surface area contributed by atoms with E-state index in [1.54, 1.807) is 18.3 Å². The third kappa shape index (κ3) is 3.48. The molecule has 1 amide bonds. The van der Waals surface area contributed by atoms with Crippen molar-refractivity contribution >= 4 is 12.1 Å². The number of hydrogen-bond acceptors (Lipinski definition) is 5. The highest BCUT2D eigenvalue weighted by molar-refractivity contribution is 5.95. The Morgan fingerprint density at radius 1 is 1.21 bits per heavy atom. The number of fused-ring (bicyclic) bond motifs is 1. The molecule has 1 unspecified atom stereocenters. The van der Waals surface area contributed by atoms with Crippen molar-refractivity contribution in [1.82, 2.24) is 5.32 Å². The van der Waals surface area contributed by atoms with Crippen LogP contribution < -0.4 is 14.8 Å². The van der Waals surface area contributed by atoms with Gasteiger partial charge in [0.2, 0.25) is 6.79 Å². The van der Waals surface area contributed by atoms with Crippen molar-refractivity contribution in [2.24, 2.45) is 5.16 Å². The first-order chi connectivity index (χ1) is 11.7. The zero-order valence-electron chi connectivity index (χ0n) is 13.5. The van der Waals surface area contributed by atoms with Gasteiger partial charge in [-0.15, -0.1) is 0 Å². The Hall–Kier alpha value is -3.02. The number of hydrogen-bond donors (Lipinski definition) is 1. The van der Waals surface area contributed by atoms with E-state index in [-0.39, 0.29) is 18.7 Å². The summed E-state index contributed by atoms with van der Waals surface area (Å²) in [6, 6.07) is 12.6. The highest BCUT2D eigenvalue weighted by Gasteiger charge is 2.17. The molecule has 1 aliphatic rings. The van der Waals surface area contributed by atoms with Gasteiger partial charge < -0.3 is 19.6 Å². The van der Waals surface area contributed by atoms with Gasteiger partial charge >= 0.3 is 0 Å². The molecule has 2 aromatic rings. The summed E-state index contributed by atoms with van der Waals surface area (Å²) in [5.41, 5.74) is 2.39. The summed E-state index contributed by atoms with van der Waals surface area (Å²) in [7, 11) is 1.48. The predicted molar refractivity (Wildman–Crippen MR) is 89.5 cm³/mol. The molecular formula is C18H18N2O4. The van der Waals surface area contributed by atoms with Crippen molar-refractivity contribution in [2.45, 2.75) is 13.0 Å². The fourth-order valence-corrected chi connectivity index (χ4v) is 2.38. The number of oxime groups is 1. The van der Waals surface area contributed by atoms with E-state index >= 15 is 0 Å². The SMILES string of the molecule is CO/N=C/c1ccc(C(=O)NC(C)c2ccc3c(c2)OCO3)cc1. The van der Waals surface area contributed by atoms with E-state index in [0.717, 1.165) is 16.9 Å². The summed E-state index contributed by atoms with van der Waals surface area (Å²) in [6.45, 7) is 2.16. The van der Waals surface area contributed by atoms with Crippen LogP contribution in [0.4, 0.5) is 0 Å². The second-order valence-corrected chi connectivity index (χ2v) is 5.35. The molecular weight excluding hydrogens is 308 g/mol. The Balaban J connectivity index is 1.66. The van der Waals surface area contributed by atoms with Crippen LogP contribution >= 0.6 is 0 Å². The van der Waals surface area contributed by atoms with Crippen LogP contribution in [0.25, 0.3) is 0 Å². The number of amides is 1. The van der Waals surface area contributed by atoms with Crippen molar-refractivity contribution < 1.29 is 19.1 Å². The molecule has 1 heterocycles. The quantitative estimate of drug-likeness (QED) is 0.677. The highest BCUT2D eigenvalue weighted by atomic mass is 16.7. The molecule has 124 valence electrons. The van der Waals surface area contributed by atoms with Gasteiger partial charge in [0.05, 0.1) is 12.3 Å². The van der Waals surface area contributed by atoms with E-state index in [9.17, 15) is 4.79 Å². The molecule has 1 atom stereocenters. The van der Waals surface area contributed by atoms with Gasteiger partial charge in [0.25, 0.3) is 5.91 Å². The van der Waals surface area contributed by atoms with Gasteiger partial charge in [0.15, 0.2) is 11.5 Å². The maximum Gasteiger partial charge on any atom is 0.251 e. The Kier molecular flexibility index (Phi) is 4.65. The third-order valence-electron chi connectivity index (χ3n) is 3.72. The van der Waals surface area contributed by atoms with Crippen molar-refractivity contribution in [2.75, 3.05) is 13.9 Å². The molecule has 0 saturated carbocycles. The lowest BCUT2D eigenvalue weighted by molar-refractivity contribution is 0.0940. The molecule has 0 aromatic heterocycles. The number of ether oxygens (including phenoxy) is 2. The first kappa shape index (κ1) is 15.9. The number of nitrogens with one attached hydrogen (secondary N) is 1. The molecule has 0 aliphatic carbocycles. The number of benzene rings is 2. The van der Waals surface area contributed by atoms with Crippen molar-refractivity contribution in [3.05, 3.63) is 59.2 Å². The van der Waals surface area contributed by atoms with Crippen LogP contribution in [0.1, 0.15) is 34.5 Å². The molecule has 0 spiro atoms. The minimum Gasteiger partial charge on any atom is -0.454 e. The maximum absolute atomic E-state index is 12.4. The lowest BCUT2D eigenvalue weighted by Crippen LogP contribution is -2.26. The second kappa shape index (κ2) is 7.04. The zero-order valence-corrected chi connectivity index (χ0v) is 13.5. The largest absolute Gasteiger partial charge is 0.454 e. The number of rotatable bonds is 5. The molecule has 6 heteroatoms. The van der Waals surface area contributed by atoms with E-state index < -0.39 is 0 Å². The van der Waals surface area contributed by atoms with Crippen LogP contribution in [-0.4, -0.2) is 26.0 Å². The average molecular weight is 326 g/mol. The first-order valence-electron chi connectivity index (χ1n) is 7.54. The lowest BCUT2D eigenvalue weighted by atomic mass is 10.1. The molecule has 0 saturated heterocycles. The Labute approximate surface area is 140 Å². The van der Waals surface area contributed by atoms with Gasteiger partial charge in [-0.25, -0.2) is 0 Å². The number of nitrogens with zero attached hydrogens (tertiary/aromatic N) is 1. The first-order valence-corrected chi connectivity index (χ1v) is 7.54. The van der Waals surface area contributed by atoms with Crippen LogP contribution in [0.15, 0.2) is 47.6 Å². The Morgan fingerprint density at radius 2 is 1.96 bits per heavy atom. The summed E-state index contributed by atoms with van der Waals surface area (Å²) >= 11 is 0. The Bertz CT molecular complexity index is 756. The van der Waals surface area contributed by atoms with E-state index in [0.29, 0.717) is 11.3 Å².